The molecule has 0 spiro atoms. The first-order chi connectivity index (χ1) is 12.3. The number of hydrogen-bond acceptors (Lipinski definition) is 4. The van der Waals surface area contributed by atoms with Gasteiger partial charge in [-0.2, -0.15) is 0 Å². The summed E-state index contributed by atoms with van der Waals surface area (Å²) in [5, 5.41) is 9.05. The Labute approximate surface area is 151 Å². The molecule has 1 heterocycles. The minimum absolute atomic E-state index is 0.287. The number of unbranched alkanes of at least 4 members (excludes halogenated alkanes) is 1. The molecule has 1 aliphatic heterocycles. The first kappa shape index (κ1) is 18.1. The molecular formula is C21H29N3O. The SMILES string of the molecule is OCCCCN1CN(Cc2ccccc2)CN(Cc2ccccc2)C1. The monoisotopic (exact) mass is 339 g/mol. The predicted molar refractivity (Wildman–Crippen MR) is 102 cm³/mol. The summed E-state index contributed by atoms with van der Waals surface area (Å²) in [4.78, 5) is 7.49. The maximum Gasteiger partial charge on any atom is 0.0537 e. The Kier molecular flexibility index (Phi) is 7.00. The van der Waals surface area contributed by atoms with Crippen molar-refractivity contribution in [3.8, 4) is 0 Å². The maximum atomic E-state index is 9.05. The van der Waals surface area contributed by atoms with Crippen LogP contribution in [0, 0.1) is 0 Å². The zero-order valence-electron chi connectivity index (χ0n) is 14.9. The van der Waals surface area contributed by atoms with Crippen molar-refractivity contribution in [2.24, 2.45) is 0 Å². The van der Waals surface area contributed by atoms with Crippen molar-refractivity contribution < 1.29 is 5.11 Å². The quantitative estimate of drug-likeness (QED) is 0.749. The number of hydrogen-bond donors (Lipinski definition) is 1. The fraction of sp³-hybridized carbons (Fsp3) is 0.429. The molecule has 1 fully saturated rings. The Bertz CT molecular complexity index is 556. The summed E-state index contributed by atoms with van der Waals surface area (Å²) in [5.74, 6) is 0. The van der Waals surface area contributed by atoms with Crippen LogP contribution in [-0.4, -0.2) is 53.0 Å². The van der Waals surface area contributed by atoms with E-state index in [4.69, 9.17) is 5.11 Å². The van der Waals surface area contributed by atoms with E-state index in [0.717, 1.165) is 52.5 Å². The van der Waals surface area contributed by atoms with E-state index in [2.05, 4.69) is 75.4 Å². The van der Waals surface area contributed by atoms with Gasteiger partial charge in [0.25, 0.3) is 0 Å². The molecule has 1 saturated heterocycles. The standard InChI is InChI=1S/C21H29N3O/c25-14-8-7-13-22-17-23(15-20-9-3-1-4-10-20)19-24(18-22)16-21-11-5-2-6-12-21/h1-6,9-12,25H,7-8,13-19H2. The van der Waals surface area contributed by atoms with Crippen LogP contribution in [-0.2, 0) is 13.1 Å². The van der Waals surface area contributed by atoms with Crippen LogP contribution in [0.15, 0.2) is 60.7 Å². The summed E-state index contributed by atoms with van der Waals surface area (Å²) >= 11 is 0. The second-order valence-corrected chi connectivity index (χ2v) is 6.88. The van der Waals surface area contributed by atoms with Crippen molar-refractivity contribution in [1.82, 2.24) is 14.7 Å². The van der Waals surface area contributed by atoms with Crippen LogP contribution in [0.3, 0.4) is 0 Å². The Morgan fingerprint density at radius 1 is 0.640 bits per heavy atom. The fourth-order valence-electron chi connectivity index (χ4n) is 3.45. The van der Waals surface area contributed by atoms with Gasteiger partial charge in [0.1, 0.15) is 0 Å². The lowest BCUT2D eigenvalue weighted by Crippen LogP contribution is -2.54. The summed E-state index contributed by atoms with van der Waals surface area (Å²) in [6, 6.07) is 21.4. The molecule has 0 aliphatic carbocycles. The molecule has 0 radical (unpaired) electrons. The molecule has 3 rings (SSSR count). The summed E-state index contributed by atoms with van der Waals surface area (Å²) in [5.41, 5.74) is 2.72. The van der Waals surface area contributed by atoms with Gasteiger partial charge in [-0.1, -0.05) is 60.7 Å². The molecule has 4 heteroatoms. The van der Waals surface area contributed by atoms with Gasteiger partial charge in [0.2, 0.25) is 0 Å². The number of benzene rings is 2. The highest BCUT2D eigenvalue weighted by Crippen LogP contribution is 2.15. The molecule has 0 aromatic heterocycles. The van der Waals surface area contributed by atoms with Gasteiger partial charge in [0, 0.05) is 26.2 Å². The normalized spacial score (nSPS) is 17.0. The summed E-state index contributed by atoms with van der Waals surface area (Å²) in [6.07, 6.45) is 1.93. The zero-order valence-corrected chi connectivity index (χ0v) is 14.9. The largest absolute Gasteiger partial charge is 0.396 e. The third-order valence-electron chi connectivity index (χ3n) is 4.58. The Morgan fingerprint density at radius 2 is 1.12 bits per heavy atom. The lowest BCUT2D eigenvalue weighted by molar-refractivity contribution is -0.0388. The van der Waals surface area contributed by atoms with Crippen LogP contribution in [0.5, 0.6) is 0 Å². The van der Waals surface area contributed by atoms with Crippen molar-refractivity contribution >= 4 is 0 Å². The third kappa shape index (κ3) is 5.94. The average molecular weight is 339 g/mol. The molecule has 0 bridgehead atoms. The molecule has 2 aromatic rings. The predicted octanol–water partition coefficient (Wildman–Crippen LogP) is 2.95. The van der Waals surface area contributed by atoms with E-state index in [0.29, 0.717) is 0 Å². The molecular weight excluding hydrogens is 310 g/mol. The Balaban J connectivity index is 1.62. The first-order valence-electron chi connectivity index (χ1n) is 9.19. The lowest BCUT2D eigenvalue weighted by atomic mass is 10.2. The van der Waals surface area contributed by atoms with E-state index in [1.807, 2.05) is 0 Å². The summed E-state index contributed by atoms with van der Waals surface area (Å²) in [7, 11) is 0. The van der Waals surface area contributed by atoms with Gasteiger partial charge in [-0.05, 0) is 24.0 Å². The van der Waals surface area contributed by atoms with Gasteiger partial charge in [-0.3, -0.25) is 14.7 Å². The molecule has 0 amide bonds. The van der Waals surface area contributed by atoms with Crippen molar-refractivity contribution in [3.05, 3.63) is 71.8 Å². The molecule has 134 valence electrons. The highest BCUT2D eigenvalue weighted by Gasteiger charge is 2.23. The molecule has 4 nitrogen and oxygen atoms in total. The topological polar surface area (TPSA) is 30.0 Å². The van der Waals surface area contributed by atoms with Crippen LogP contribution in [0.4, 0.5) is 0 Å². The molecule has 0 unspecified atom stereocenters. The fourth-order valence-corrected chi connectivity index (χ4v) is 3.45. The van der Waals surface area contributed by atoms with Gasteiger partial charge in [-0.15, -0.1) is 0 Å². The zero-order chi connectivity index (χ0) is 17.3. The second-order valence-electron chi connectivity index (χ2n) is 6.88. The van der Waals surface area contributed by atoms with Gasteiger partial charge in [-0.25, -0.2) is 0 Å². The Hall–Kier alpha value is -1.72. The van der Waals surface area contributed by atoms with E-state index in [1.54, 1.807) is 0 Å². The van der Waals surface area contributed by atoms with E-state index >= 15 is 0 Å². The van der Waals surface area contributed by atoms with E-state index in [1.165, 1.54) is 11.1 Å². The number of nitrogens with zero attached hydrogens (tertiary/aromatic N) is 3. The van der Waals surface area contributed by atoms with Crippen molar-refractivity contribution in [2.45, 2.75) is 25.9 Å². The van der Waals surface area contributed by atoms with Gasteiger partial charge in [0.05, 0.1) is 20.0 Å². The van der Waals surface area contributed by atoms with Gasteiger partial charge in [0.15, 0.2) is 0 Å². The smallest absolute Gasteiger partial charge is 0.0537 e. The molecule has 25 heavy (non-hydrogen) atoms. The Morgan fingerprint density at radius 3 is 1.60 bits per heavy atom. The molecule has 1 N–H and O–H groups in total. The number of rotatable bonds is 8. The van der Waals surface area contributed by atoms with Crippen LogP contribution >= 0.6 is 0 Å². The van der Waals surface area contributed by atoms with E-state index < -0.39 is 0 Å². The van der Waals surface area contributed by atoms with Crippen LogP contribution in [0.2, 0.25) is 0 Å². The van der Waals surface area contributed by atoms with E-state index in [-0.39, 0.29) is 6.61 Å². The number of aliphatic hydroxyl groups excluding tert-OH is 1. The van der Waals surface area contributed by atoms with Crippen molar-refractivity contribution in [2.75, 3.05) is 33.2 Å². The highest BCUT2D eigenvalue weighted by molar-refractivity contribution is 5.15. The highest BCUT2D eigenvalue weighted by atomic mass is 16.2. The van der Waals surface area contributed by atoms with Crippen molar-refractivity contribution in [3.63, 3.8) is 0 Å². The third-order valence-corrected chi connectivity index (χ3v) is 4.58. The van der Waals surface area contributed by atoms with Crippen LogP contribution in [0.25, 0.3) is 0 Å². The average Bonchev–Trinajstić information content (AvgIpc) is 2.63. The molecule has 0 atom stereocenters. The first-order valence-corrected chi connectivity index (χ1v) is 9.19. The van der Waals surface area contributed by atoms with Crippen LogP contribution < -0.4 is 0 Å². The lowest BCUT2D eigenvalue weighted by Gasteiger charge is -2.42. The van der Waals surface area contributed by atoms with Crippen LogP contribution in [0.1, 0.15) is 24.0 Å². The maximum absolute atomic E-state index is 9.05. The van der Waals surface area contributed by atoms with E-state index in [9.17, 15) is 0 Å². The van der Waals surface area contributed by atoms with Crippen molar-refractivity contribution in [1.29, 1.82) is 0 Å². The minimum Gasteiger partial charge on any atom is -0.396 e. The second kappa shape index (κ2) is 9.68. The summed E-state index contributed by atoms with van der Waals surface area (Å²) in [6.45, 7) is 6.25. The molecule has 2 aromatic carbocycles. The minimum atomic E-state index is 0.287. The van der Waals surface area contributed by atoms with Gasteiger partial charge >= 0.3 is 0 Å². The summed E-state index contributed by atoms with van der Waals surface area (Å²) < 4.78 is 0. The molecule has 1 aliphatic rings. The number of aliphatic hydroxyl groups is 1. The van der Waals surface area contributed by atoms with Gasteiger partial charge < -0.3 is 5.11 Å². The molecule has 0 saturated carbocycles.